The van der Waals surface area contributed by atoms with Crippen molar-refractivity contribution in [1.29, 1.82) is 0 Å². The zero-order chi connectivity index (χ0) is 18.1. The summed E-state index contributed by atoms with van der Waals surface area (Å²) >= 11 is 9.30. The Labute approximate surface area is 164 Å². The van der Waals surface area contributed by atoms with Gasteiger partial charge >= 0.3 is 0 Å². The predicted octanol–water partition coefficient (Wildman–Crippen LogP) is 4.91. The molecule has 2 N–H and O–H groups in total. The van der Waals surface area contributed by atoms with Crippen molar-refractivity contribution >= 4 is 56.4 Å². The quantitative estimate of drug-likeness (QED) is 0.650. The third-order valence-electron chi connectivity index (χ3n) is 3.99. The van der Waals surface area contributed by atoms with E-state index in [2.05, 4.69) is 10.6 Å². The fourth-order valence-electron chi connectivity index (χ4n) is 2.70. The number of carbonyl (C=O) groups excluding carboxylic acids is 1. The first-order chi connectivity index (χ1) is 12.7. The van der Waals surface area contributed by atoms with Crippen LogP contribution in [0.5, 0.6) is 5.75 Å². The number of ether oxygens (including phenoxy) is 1. The Kier molecular flexibility index (Phi) is 4.80. The SMILES string of the molecule is COc1cccc(C2=CS[C@H](NC(=O)c3sc4ccccc4c3Cl)N2)c1. The molecule has 4 nitrogen and oxygen atoms in total. The summed E-state index contributed by atoms with van der Waals surface area (Å²) in [5.74, 6) is 0.612. The van der Waals surface area contributed by atoms with Gasteiger partial charge in [-0.25, -0.2) is 0 Å². The number of benzene rings is 2. The lowest BCUT2D eigenvalue weighted by Crippen LogP contribution is -2.39. The summed E-state index contributed by atoms with van der Waals surface area (Å²) in [5, 5.41) is 9.70. The van der Waals surface area contributed by atoms with Crippen LogP contribution in [0.3, 0.4) is 0 Å². The predicted molar refractivity (Wildman–Crippen MR) is 110 cm³/mol. The van der Waals surface area contributed by atoms with Crippen molar-refractivity contribution in [3.05, 3.63) is 69.4 Å². The highest BCUT2D eigenvalue weighted by atomic mass is 35.5. The molecule has 1 aliphatic heterocycles. The van der Waals surface area contributed by atoms with Gasteiger partial charge in [0.05, 0.1) is 17.8 Å². The number of thioether (sulfide) groups is 1. The van der Waals surface area contributed by atoms with Crippen molar-refractivity contribution in [3.8, 4) is 5.75 Å². The van der Waals surface area contributed by atoms with Crippen molar-refractivity contribution in [2.45, 2.75) is 5.50 Å². The van der Waals surface area contributed by atoms with Crippen LogP contribution < -0.4 is 15.4 Å². The van der Waals surface area contributed by atoms with E-state index < -0.39 is 0 Å². The van der Waals surface area contributed by atoms with Gasteiger partial charge in [0.1, 0.15) is 10.6 Å². The lowest BCUT2D eigenvalue weighted by atomic mass is 10.1. The van der Waals surface area contributed by atoms with Crippen LogP contribution in [0, 0.1) is 0 Å². The number of hydrogen-bond acceptors (Lipinski definition) is 5. The van der Waals surface area contributed by atoms with E-state index in [-0.39, 0.29) is 11.4 Å². The number of rotatable bonds is 4. The molecule has 0 radical (unpaired) electrons. The molecule has 0 aliphatic carbocycles. The largest absolute Gasteiger partial charge is 0.497 e. The number of amides is 1. The second-order valence-electron chi connectivity index (χ2n) is 5.64. The maximum Gasteiger partial charge on any atom is 0.265 e. The summed E-state index contributed by atoms with van der Waals surface area (Å²) < 4.78 is 6.27. The van der Waals surface area contributed by atoms with Gasteiger partial charge in [0, 0.05) is 15.6 Å². The lowest BCUT2D eigenvalue weighted by Gasteiger charge is -2.15. The monoisotopic (exact) mass is 402 g/mol. The van der Waals surface area contributed by atoms with E-state index in [1.165, 1.54) is 23.1 Å². The summed E-state index contributed by atoms with van der Waals surface area (Å²) in [6.07, 6.45) is 0. The number of fused-ring (bicyclic) bond motifs is 1. The van der Waals surface area contributed by atoms with Crippen molar-refractivity contribution in [2.24, 2.45) is 0 Å². The molecule has 0 unspecified atom stereocenters. The van der Waals surface area contributed by atoms with Gasteiger partial charge in [0.2, 0.25) is 0 Å². The minimum atomic E-state index is -0.245. The molecule has 3 aromatic rings. The Morgan fingerprint density at radius 2 is 2.08 bits per heavy atom. The zero-order valence-electron chi connectivity index (χ0n) is 13.8. The van der Waals surface area contributed by atoms with E-state index in [1.54, 1.807) is 7.11 Å². The number of nitrogens with one attached hydrogen (secondary N) is 2. The van der Waals surface area contributed by atoms with Crippen LogP contribution in [0.2, 0.25) is 5.02 Å². The van der Waals surface area contributed by atoms with Crippen LogP contribution in [0.4, 0.5) is 0 Å². The van der Waals surface area contributed by atoms with Crippen LogP contribution in [0.15, 0.2) is 53.9 Å². The lowest BCUT2D eigenvalue weighted by molar-refractivity contribution is 0.0952. The molecule has 0 bridgehead atoms. The topological polar surface area (TPSA) is 50.4 Å². The maximum atomic E-state index is 12.7. The normalized spacial score (nSPS) is 16.2. The van der Waals surface area contributed by atoms with Crippen molar-refractivity contribution in [2.75, 3.05) is 7.11 Å². The first-order valence-corrected chi connectivity index (χ1v) is 10.0. The number of thiophene rings is 1. The highest BCUT2D eigenvalue weighted by molar-refractivity contribution is 8.03. The second-order valence-corrected chi connectivity index (χ2v) is 8.05. The van der Waals surface area contributed by atoms with Gasteiger partial charge in [-0.15, -0.1) is 11.3 Å². The van der Waals surface area contributed by atoms with Gasteiger partial charge in [-0.05, 0) is 23.6 Å². The highest BCUT2D eigenvalue weighted by Crippen LogP contribution is 2.35. The van der Waals surface area contributed by atoms with E-state index in [0.29, 0.717) is 9.90 Å². The maximum absolute atomic E-state index is 12.7. The van der Waals surface area contributed by atoms with Crippen LogP contribution >= 0.6 is 34.7 Å². The Hall–Kier alpha value is -2.15. The number of carbonyl (C=O) groups is 1. The van der Waals surface area contributed by atoms with Crippen LogP contribution in [0.1, 0.15) is 15.2 Å². The van der Waals surface area contributed by atoms with E-state index in [9.17, 15) is 4.79 Å². The number of methoxy groups -OCH3 is 1. The number of halogens is 1. The minimum Gasteiger partial charge on any atom is -0.497 e. The molecule has 132 valence electrons. The van der Waals surface area contributed by atoms with Crippen molar-refractivity contribution < 1.29 is 9.53 Å². The zero-order valence-corrected chi connectivity index (χ0v) is 16.2. The molecular formula is C19H15ClN2O2S2. The van der Waals surface area contributed by atoms with Crippen LogP contribution in [-0.2, 0) is 0 Å². The minimum absolute atomic E-state index is 0.179. The fourth-order valence-corrected chi connectivity index (χ4v) is 4.97. The summed E-state index contributed by atoms with van der Waals surface area (Å²) in [4.78, 5) is 13.2. The molecule has 4 rings (SSSR count). The summed E-state index contributed by atoms with van der Waals surface area (Å²) in [7, 11) is 1.64. The first kappa shape index (κ1) is 17.3. The molecule has 2 heterocycles. The Morgan fingerprint density at radius 3 is 2.88 bits per heavy atom. The third kappa shape index (κ3) is 3.28. The molecule has 0 spiro atoms. The molecule has 0 fully saturated rings. The van der Waals surface area contributed by atoms with E-state index in [0.717, 1.165) is 27.1 Å². The molecule has 0 saturated carbocycles. The summed E-state index contributed by atoms with van der Waals surface area (Å²) in [6, 6.07) is 15.5. The molecule has 26 heavy (non-hydrogen) atoms. The van der Waals surface area contributed by atoms with Crippen LogP contribution in [-0.4, -0.2) is 18.5 Å². The average molecular weight is 403 g/mol. The third-order valence-corrected chi connectivity index (χ3v) is 6.55. The second kappa shape index (κ2) is 7.23. The summed E-state index contributed by atoms with van der Waals surface area (Å²) in [6.45, 7) is 0. The van der Waals surface area contributed by atoms with Gasteiger partial charge in [0.25, 0.3) is 5.91 Å². The van der Waals surface area contributed by atoms with E-state index in [1.807, 2.05) is 53.9 Å². The Bertz CT molecular complexity index is 1020. The molecule has 1 aliphatic rings. The van der Waals surface area contributed by atoms with Crippen molar-refractivity contribution in [1.82, 2.24) is 10.6 Å². The Morgan fingerprint density at radius 1 is 1.23 bits per heavy atom. The molecule has 2 aromatic carbocycles. The molecular weight excluding hydrogens is 388 g/mol. The van der Waals surface area contributed by atoms with Crippen molar-refractivity contribution in [3.63, 3.8) is 0 Å². The fraction of sp³-hybridized carbons (Fsp3) is 0.105. The molecule has 7 heteroatoms. The van der Waals surface area contributed by atoms with E-state index >= 15 is 0 Å². The standard InChI is InChI=1S/C19H15ClN2O2S2/c1-24-12-6-4-5-11(9-12)14-10-25-19(21-14)22-18(23)17-16(20)13-7-2-3-8-15(13)26-17/h2-10,19,21H,1H3,(H,22,23)/t19-/m0/s1. The van der Waals surface area contributed by atoms with Gasteiger partial charge in [-0.1, -0.05) is 53.7 Å². The smallest absolute Gasteiger partial charge is 0.265 e. The van der Waals surface area contributed by atoms with Gasteiger partial charge in [0.15, 0.2) is 5.50 Å². The van der Waals surface area contributed by atoms with Gasteiger partial charge in [-0.3, -0.25) is 4.79 Å². The Balaban J connectivity index is 1.47. The van der Waals surface area contributed by atoms with Crippen LogP contribution in [0.25, 0.3) is 15.8 Å². The average Bonchev–Trinajstić information content (AvgIpc) is 3.27. The van der Waals surface area contributed by atoms with Gasteiger partial charge in [-0.2, -0.15) is 0 Å². The molecule has 0 saturated heterocycles. The number of hydrogen-bond donors (Lipinski definition) is 2. The highest BCUT2D eigenvalue weighted by Gasteiger charge is 2.23. The molecule has 1 aromatic heterocycles. The molecule has 1 amide bonds. The van der Waals surface area contributed by atoms with E-state index in [4.69, 9.17) is 16.3 Å². The summed E-state index contributed by atoms with van der Waals surface area (Å²) in [5.41, 5.74) is 1.71. The van der Waals surface area contributed by atoms with Gasteiger partial charge < -0.3 is 15.4 Å². The first-order valence-electron chi connectivity index (χ1n) is 7.90. The molecule has 1 atom stereocenters.